The van der Waals surface area contributed by atoms with E-state index in [0.29, 0.717) is 0 Å². The van der Waals surface area contributed by atoms with Gasteiger partial charge in [0.05, 0.1) is 0 Å². The molecule has 0 spiro atoms. The number of hydrogen-bond acceptors (Lipinski definition) is 0. The lowest BCUT2D eigenvalue weighted by atomic mass is 10.2. The van der Waals surface area contributed by atoms with Crippen LogP contribution < -0.4 is 0 Å². The molecule has 0 amide bonds. The molecular formula is C6H11F. The van der Waals surface area contributed by atoms with Gasteiger partial charge in [0.1, 0.15) is 6.67 Å². The summed E-state index contributed by atoms with van der Waals surface area (Å²) in [6, 6.07) is 0. The van der Waals surface area contributed by atoms with Gasteiger partial charge < -0.3 is 0 Å². The fourth-order valence-electron chi connectivity index (χ4n) is 0.276. The van der Waals surface area contributed by atoms with Crippen molar-refractivity contribution in [3.05, 3.63) is 11.6 Å². The third kappa shape index (κ3) is 3.50. The summed E-state index contributed by atoms with van der Waals surface area (Å²) >= 11 is 0. The number of alkyl halides is 1. The summed E-state index contributed by atoms with van der Waals surface area (Å²) in [5.74, 6) is 0. The Kier molecular flexibility index (Phi) is 3.67. The number of halogens is 1. The first kappa shape index (κ1) is 6.67. The molecular weight excluding hydrogens is 91.1 g/mol. The quantitative estimate of drug-likeness (QED) is 0.469. The van der Waals surface area contributed by atoms with Gasteiger partial charge in [-0.25, -0.2) is 4.39 Å². The van der Waals surface area contributed by atoms with Crippen LogP contribution in [0.5, 0.6) is 0 Å². The Labute approximate surface area is 44.0 Å². The van der Waals surface area contributed by atoms with E-state index in [1.165, 1.54) is 0 Å². The summed E-state index contributed by atoms with van der Waals surface area (Å²) < 4.78 is 11.4. The molecule has 0 saturated heterocycles. The summed E-state index contributed by atoms with van der Waals surface area (Å²) in [4.78, 5) is 0. The second-order valence-electron chi connectivity index (χ2n) is 1.56. The van der Waals surface area contributed by atoms with Crippen molar-refractivity contribution in [3.8, 4) is 0 Å². The summed E-state index contributed by atoms with van der Waals surface area (Å²) in [6.45, 7) is 3.63. The van der Waals surface area contributed by atoms with Crippen molar-refractivity contribution >= 4 is 0 Å². The largest absolute Gasteiger partial charge is 0.247 e. The first-order valence-electron chi connectivity index (χ1n) is 2.52. The predicted molar refractivity (Wildman–Crippen MR) is 30.0 cm³/mol. The maximum Gasteiger partial charge on any atom is 0.108 e. The molecule has 1 heteroatoms. The number of rotatable bonds is 2. The van der Waals surface area contributed by atoms with E-state index in [4.69, 9.17) is 0 Å². The second-order valence-corrected chi connectivity index (χ2v) is 1.56. The van der Waals surface area contributed by atoms with E-state index >= 15 is 0 Å². The highest BCUT2D eigenvalue weighted by Gasteiger charge is 1.78. The van der Waals surface area contributed by atoms with Gasteiger partial charge in [0.25, 0.3) is 0 Å². The van der Waals surface area contributed by atoms with Crippen LogP contribution >= 0.6 is 0 Å². The van der Waals surface area contributed by atoms with Crippen molar-refractivity contribution in [3.63, 3.8) is 0 Å². The van der Waals surface area contributed by atoms with E-state index in [9.17, 15) is 4.39 Å². The Balaban J connectivity index is 3.29. The molecule has 0 aliphatic heterocycles. The van der Waals surface area contributed by atoms with Crippen LogP contribution in [0.4, 0.5) is 4.39 Å². The Hall–Kier alpha value is -0.330. The molecule has 0 nitrogen and oxygen atoms in total. The standard InChI is InChI=1S/C6H11F/c1-3-6(2)4-5-7/h4H,3,5H2,1-2H3. The van der Waals surface area contributed by atoms with Gasteiger partial charge in [0, 0.05) is 0 Å². The van der Waals surface area contributed by atoms with Gasteiger partial charge in [0.2, 0.25) is 0 Å². The Morgan fingerprint density at radius 1 is 1.71 bits per heavy atom. The molecule has 0 unspecified atom stereocenters. The summed E-state index contributed by atoms with van der Waals surface area (Å²) in [6.07, 6.45) is 2.56. The van der Waals surface area contributed by atoms with Gasteiger partial charge >= 0.3 is 0 Å². The van der Waals surface area contributed by atoms with Crippen molar-refractivity contribution < 1.29 is 4.39 Å². The maximum absolute atomic E-state index is 11.4. The smallest absolute Gasteiger partial charge is 0.108 e. The number of allylic oxidation sites excluding steroid dienone is 2. The average Bonchev–Trinajstić information content (AvgIpc) is 1.68. The van der Waals surface area contributed by atoms with Gasteiger partial charge in [-0.3, -0.25) is 0 Å². The third-order valence-electron chi connectivity index (χ3n) is 0.983. The fourth-order valence-corrected chi connectivity index (χ4v) is 0.276. The lowest BCUT2D eigenvalue weighted by Crippen LogP contribution is -1.71. The monoisotopic (exact) mass is 102 g/mol. The van der Waals surface area contributed by atoms with Crippen molar-refractivity contribution in [1.82, 2.24) is 0 Å². The lowest BCUT2D eigenvalue weighted by Gasteiger charge is -1.87. The van der Waals surface area contributed by atoms with Crippen LogP contribution in [-0.4, -0.2) is 6.67 Å². The average molecular weight is 102 g/mol. The maximum atomic E-state index is 11.4. The summed E-state index contributed by atoms with van der Waals surface area (Å²) in [5, 5.41) is 0. The minimum absolute atomic E-state index is 0.320. The molecule has 0 atom stereocenters. The van der Waals surface area contributed by atoms with Crippen molar-refractivity contribution in [2.75, 3.05) is 6.67 Å². The van der Waals surface area contributed by atoms with Crippen LogP contribution in [0.25, 0.3) is 0 Å². The fraction of sp³-hybridized carbons (Fsp3) is 0.667. The lowest BCUT2D eigenvalue weighted by molar-refractivity contribution is 0.559. The van der Waals surface area contributed by atoms with E-state index in [2.05, 4.69) is 0 Å². The SMILES string of the molecule is CCC(C)=CCF. The zero-order valence-electron chi connectivity index (χ0n) is 4.87. The van der Waals surface area contributed by atoms with Gasteiger partial charge in [0.15, 0.2) is 0 Å². The van der Waals surface area contributed by atoms with Crippen molar-refractivity contribution in [1.29, 1.82) is 0 Å². The highest BCUT2D eigenvalue weighted by molar-refractivity contribution is 4.95. The minimum atomic E-state index is -0.320. The summed E-state index contributed by atoms with van der Waals surface area (Å²) in [5.41, 5.74) is 1.13. The van der Waals surface area contributed by atoms with Crippen LogP contribution in [0.3, 0.4) is 0 Å². The highest BCUT2D eigenvalue weighted by atomic mass is 19.1. The third-order valence-corrected chi connectivity index (χ3v) is 0.983. The van der Waals surface area contributed by atoms with Crippen LogP contribution in [0.15, 0.2) is 11.6 Å². The van der Waals surface area contributed by atoms with E-state index in [1.54, 1.807) is 6.08 Å². The van der Waals surface area contributed by atoms with Crippen LogP contribution in [0.2, 0.25) is 0 Å². The summed E-state index contributed by atoms with van der Waals surface area (Å²) in [7, 11) is 0. The van der Waals surface area contributed by atoms with E-state index in [1.807, 2.05) is 13.8 Å². The normalized spacial score (nSPS) is 12.1. The molecule has 0 rings (SSSR count). The molecule has 0 aromatic heterocycles. The topological polar surface area (TPSA) is 0 Å². The van der Waals surface area contributed by atoms with Gasteiger partial charge in [-0.2, -0.15) is 0 Å². The predicted octanol–water partition coefficient (Wildman–Crippen LogP) is 2.31. The first-order valence-corrected chi connectivity index (χ1v) is 2.52. The molecule has 7 heavy (non-hydrogen) atoms. The second kappa shape index (κ2) is 3.85. The van der Waals surface area contributed by atoms with Crippen molar-refractivity contribution in [2.24, 2.45) is 0 Å². The number of hydrogen-bond donors (Lipinski definition) is 0. The van der Waals surface area contributed by atoms with Crippen molar-refractivity contribution in [2.45, 2.75) is 20.3 Å². The Bertz CT molecular complexity index is 64.6. The minimum Gasteiger partial charge on any atom is -0.247 e. The van der Waals surface area contributed by atoms with Crippen LogP contribution in [-0.2, 0) is 0 Å². The molecule has 0 N–H and O–H groups in total. The Morgan fingerprint density at radius 3 is 2.43 bits per heavy atom. The van der Waals surface area contributed by atoms with Gasteiger partial charge in [-0.1, -0.05) is 18.6 Å². The van der Waals surface area contributed by atoms with Gasteiger partial charge in [-0.05, 0) is 13.3 Å². The van der Waals surface area contributed by atoms with E-state index in [0.717, 1.165) is 12.0 Å². The molecule has 0 aromatic carbocycles. The molecule has 0 aromatic rings. The van der Waals surface area contributed by atoms with E-state index in [-0.39, 0.29) is 6.67 Å². The molecule has 0 radical (unpaired) electrons. The van der Waals surface area contributed by atoms with Crippen LogP contribution in [0, 0.1) is 0 Å². The highest BCUT2D eigenvalue weighted by Crippen LogP contribution is 1.95. The molecule has 0 saturated carbocycles. The molecule has 0 aliphatic rings. The van der Waals surface area contributed by atoms with Gasteiger partial charge in [-0.15, -0.1) is 0 Å². The Morgan fingerprint density at radius 2 is 2.29 bits per heavy atom. The molecule has 0 bridgehead atoms. The molecule has 0 fully saturated rings. The molecule has 0 aliphatic carbocycles. The zero-order valence-corrected chi connectivity index (χ0v) is 4.87. The molecule has 0 heterocycles. The van der Waals surface area contributed by atoms with E-state index < -0.39 is 0 Å². The zero-order chi connectivity index (χ0) is 5.70. The molecule has 42 valence electrons. The first-order chi connectivity index (χ1) is 3.31. The van der Waals surface area contributed by atoms with Crippen LogP contribution in [0.1, 0.15) is 20.3 Å².